The van der Waals surface area contributed by atoms with Crippen LogP contribution >= 0.6 is 0 Å². The van der Waals surface area contributed by atoms with E-state index in [-0.39, 0.29) is 0 Å². The summed E-state index contributed by atoms with van der Waals surface area (Å²) in [7, 11) is 0. The summed E-state index contributed by atoms with van der Waals surface area (Å²) in [5.74, 6) is 0.985. The van der Waals surface area contributed by atoms with Gasteiger partial charge in [0.2, 0.25) is 0 Å². The van der Waals surface area contributed by atoms with Crippen molar-refractivity contribution in [1.29, 1.82) is 5.26 Å². The summed E-state index contributed by atoms with van der Waals surface area (Å²) in [6.45, 7) is 0. The molecule has 1 aliphatic rings. The molecule has 4 aromatic carbocycles. The van der Waals surface area contributed by atoms with E-state index in [4.69, 9.17) is 9.47 Å². The van der Waals surface area contributed by atoms with Gasteiger partial charge in [-0.05, 0) is 17.7 Å². The van der Waals surface area contributed by atoms with Crippen molar-refractivity contribution in [2.75, 3.05) is 0 Å². The van der Waals surface area contributed by atoms with Gasteiger partial charge in [0.05, 0.1) is 5.57 Å². The SMILES string of the molecule is N#CC1=C(c2ccccc2)C=C(Oc2ccccc2)OC1(c1ccccc1)c1ccccc1. The molecule has 0 unspecified atom stereocenters. The Labute approximate surface area is 193 Å². The van der Waals surface area contributed by atoms with Gasteiger partial charge in [0, 0.05) is 22.8 Å². The van der Waals surface area contributed by atoms with E-state index in [1.165, 1.54) is 0 Å². The van der Waals surface area contributed by atoms with E-state index in [9.17, 15) is 5.26 Å². The van der Waals surface area contributed by atoms with Crippen LogP contribution in [0.25, 0.3) is 5.57 Å². The van der Waals surface area contributed by atoms with Crippen molar-refractivity contribution < 1.29 is 9.47 Å². The van der Waals surface area contributed by atoms with E-state index < -0.39 is 5.60 Å². The highest BCUT2D eigenvalue weighted by atomic mass is 16.7. The van der Waals surface area contributed by atoms with E-state index in [0.717, 1.165) is 22.3 Å². The normalized spacial score (nSPS) is 14.6. The fourth-order valence-electron chi connectivity index (χ4n) is 4.17. The van der Waals surface area contributed by atoms with Gasteiger partial charge in [-0.3, -0.25) is 0 Å². The van der Waals surface area contributed by atoms with Crippen molar-refractivity contribution in [3.8, 4) is 11.8 Å². The molecule has 0 atom stereocenters. The van der Waals surface area contributed by atoms with Crippen molar-refractivity contribution in [1.82, 2.24) is 0 Å². The number of nitriles is 1. The van der Waals surface area contributed by atoms with Crippen LogP contribution in [-0.4, -0.2) is 0 Å². The third-order valence-corrected chi connectivity index (χ3v) is 5.66. The topological polar surface area (TPSA) is 42.2 Å². The molecular formula is C30H21NO2. The molecule has 1 aliphatic heterocycles. The number of nitrogens with zero attached hydrogens (tertiary/aromatic N) is 1. The van der Waals surface area contributed by atoms with E-state index in [1.54, 1.807) is 0 Å². The fourth-order valence-corrected chi connectivity index (χ4v) is 4.17. The smallest absolute Gasteiger partial charge is 0.286 e. The summed E-state index contributed by atoms with van der Waals surface area (Å²) in [5.41, 5.74) is 2.73. The van der Waals surface area contributed by atoms with Crippen molar-refractivity contribution in [3.63, 3.8) is 0 Å². The Bertz CT molecular complexity index is 1300. The molecule has 0 radical (unpaired) electrons. The largest absolute Gasteiger partial charge is 0.443 e. The predicted octanol–water partition coefficient (Wildman–Crippen LogP) is 6.86. The van der Waals surface area contributed by atoms with Crippen LogP contribution in [0.15, 0.2) is 139 Å². The van der Waals surface area contributed by atoms with Crippen LogP contribution in [-0.2, 0) is 10.3 Å². The highest BCUT2D eigenvalue weighted by Gasteiger charge is 2.46. The standard InChI is InChI=1S/C30H21NO2/c31-22-28-27(23-13-5-1-6-14-23)21-29(32-26-19-11-4-12-20-26)33-30(28,24-15-7-2-8-16-24)25-17-9-3-10-18-25/h1-21H. The number of rotatable bonds is 5. The van der Waals surface area contributed by atoms with Crippen molar-refractivity contribution in [2.24, 2.45) is 0 Å². The number of para-hydroxylation sites is 1. The molecule has 0 bridgehead atoms. The van der Waals surface area contributed by atoms with Gasteiger partial charge >= 0.3 is 0 Å². The molecule has 0 spiro atoms. The number of hydrogen-bond acceptors (Lipinski definition) is 3. The third kappa shape index (κ3) is 3.79. The lowest BCUT2D eigenvalue weighted by molar-refractivity contribution is 0.00503. The van der Waals surface area contributed by atoms with Crippen LogP contribution in [0.1, 0.15) is 16.7 Å². The molecule has 0 fully saturated rings. The van der Waals surface area contributed by atoms with Crippen molar-refractivity contribution in [3.05, 3.63) is 156 Å². The van der Waals surface area contributed by atoms with Gasteiger partial charge in [-0.25, -0.2) is 0 Å². The third-order valence-electron chi connectivity index (χ3n) is 5.66. The van der Waals surface area contributed by atoms with Gasteiger partial charge in [-0.2, -0.15) is 5.26 Å². The molecule has 0 saturated carbocycles. The van der Waals surface area contributed by atoms with Crippen LogP contribution in [0.5, 0.6) is 5.75 Å². The Hall–Kier alpha value is -4.55. The summed E-state index contributed by atoms with van der Waals surface area (Å²) in [5, 5.41) is 10.5. The Morgan fingerprint density at radius 3 is 1.64 bits per heavy atom. The van der Waals surface area contributed by atoms with Gasteiger partial charge in [-0.15, -0.1) is 0 Å². The van der Waals surface area contributed by atoms with Gasteiger partial charge in [0.25, 0.3) is 5.95 Å². The lowest BCUT2D eigenvalue weighted by Gasteiger charge is -2.39. The van der Waals surface area contributed by atoms with Crippen LogP contribution in [0, 0.1) is 11.3 Å². The molecule has 5 rings (SSSR count). The molecule has 0 aliphatic carbocycles. The average molecular weight is 428 g/mol. The fraction of sp³-hybridized carbons (Fsp3) is 0.0333. The van der Waals surface area contributed by atoms with E-state index >= 15 is 0 Å². The number of benzene rings is 4. The zero-order valence-electron chi connectivity index (χ0n) is 17.9. The first-order valence-corrected chi connectivity index (χ1v) is 10.8. The number of allylic oxidation sites excluding steroid dienone is 2. The quantitative estimate of drug-likeness (QED) is 0.349. The van der Waals surface area contributed by atoms with Gasteiger partial charge in [0.15, 0.2) is 5.60 Å². The zero-order chi connectivity index (χ0) is 22.5. The van der Waals surface area contributed by atoms with E-state index in [1.807, 2.05) is 127 Å². The maximum atomic E-state index is 10.5. The van der Waals surface area contributed by atoms with Crippen LogP contribution in [0.3, 0.4) is 0 Å². The first-order valence-electron chi connectivity index (χ1n) is 10.8. The second kappa shape index (κ2) is 8.90. The maximum Gasteiger partial charge on any atom is 0.286 e. The monoisotopic (exact) mass is 427 g/mol. The molecule has 0 saturated heterocycles. The minimum absolute atomic E-state index is 0.326. The van der Waals surface area contributed by atoms with E-state index in [0.29, 0.717) is 17.3 Å². The summed E-state index contributed by atoms with van der Waals surface area (Å²) in [6.07, 6.45) is 1.81. The number of hydrogen-bond donors (Lipinski definition) is 0. The summed E-state index contributed by atoms with van der Waals surface area (Å²) in [6, 6.07) is 41.5. The Balaban J connectivity index is 1.80. The minimum Gasteiger partial charge on any atom is -0.443 e. The number of ether oxygens (including phenoxy) is 2. The molecule has 0 amide bonds. The first kappa shape index (κ1) is 20.4. The summed E-state index contributed by atoms with van der Waals surface area (Å²) >= 11 is 0. The van der Waals surface area contributed by atoms with Crippen LogP contribution in [0.2, 0.25) is 0 Å². The van der Waals surface area contributed by atoms with Gasteiger partial charge < -0.3 is 9.47 Å². The summed E-state index contributed by atoms with van der Waals surface area (Å²) in [4.78, 5) is 0. The van der Waals surface area contributed by atoms with Crippen LogP contribution in [0.4, 0.5) is 0 Å². The molecular weight excluding hydrogens is 406 g/mol. The minimum atomic E-state index is -1.17. The molecule has 4 aromatic rings. The maximum absolute atomic E-state index is 10.5. The second-order valence-corrected chi connectivity index (χ2v) is 7.66. The average Bonchev–Trinajstić information content (AvgIpc) is 2.90. The van der Waals surface area contributed by atoms with Gasteiger partial charge in [-0.1, -0.05) is 109 Å². The zero-order valence-corrected chi connectivity index (χ0v) is 17.9. The molecule has 33 heavy (non-hydrogen) atoms. The lowest BCUT2D eigenvalue weighted by Crippen LogP contribution is -2.36. The van der Waals surface area contributed by atoms with Crippen molar-refractivity contribution in [2.45, 2.75) is 5.60 Å². The Morgan fingerprint density at radius 2 is 1.12 bits per heavy atom. The van der Waals surface area contributed by atoms with Gasteiger partial charge in [0.1, 0.15) is 11.8 Å². The first-order chi connectivity index (χ1) is 16.3. The lowest BCUT2D eigenvalue weighted by atomic mass is 9.76. The van der Waals surface area contributed by atoms with E-state index in [2.05, 4.69) is 6.07 Å². The highest BCUT2D eigenvalue weighted by molar-refractivity contribution is 5.83. The van der Waals surface area contributed by atoms with Crippen LogP contribution < -0.4 is 4.74 Å². The summed E-state index contributed by atoms with van der Waals surface area (Å²) < 4.78 is 12.9. The molecule has 0 N–H and O–H groups in total. The highest BCUT2D eigenvalue weighted by Crippen LogP contribution is 2.48. The molecule has 3 nitrogen and oxygen atoms in total. The second-order valence-electron chi connectivity index (χ2n) is 7.66. The van der Waals surface area contributed by atoms with Crippen molar-refractivity contribution >= 4 is 5.57 Å². The molecule has 0 aromatic heterocycles. The Kier molecular flexibility index (Phi) is 5.49. The molecule has 3 heteroatoms. The molecule has 1 heterocycles. The molecule has 158 valence electrons. The predicted molar refractivity (Wildman–Crippen MR) is 129 cm³/mol. The Morgan fingerprint density at radius 1 is 0.636 bits per heavy atom.